The number of rotatable bonds is 2. The van der Waals surface area contributed by atoms with Crippen LogP contribution in [0, 0.1) is 11.2 Å². The molecule has 6 heteroatoms. The van der Waals surface area contributed by atoms with E-state index in [4.69, 9.17) is 11.6 Å². The fraction of sp³-hybridized carbons (Fsp3) is 0.429. The van der Waals surface area contributed by atoms with Crippen LogP contribution in [-0.2, 0) is 4.79 Å². The average molecular weight is 300 g/mol. The lowest BCUT2D eigenvalue weighted by atomic mass is 9.82. The zero-order chi connectivity index (χ0) is 14.9. The van der Waals surface area contributed by atoms with Crippen molar-refractivity contribution in [2.75, 3.05) is 13.1 Å². The second kappa shape index (κ2) is 5.40. The predicted molar refractivity (Wildman–Crippen MR) is 72.3 cm³/mol. The van der Waals surface area contributed by atoms with Gasteiger partial charge in [-0.2, -0.15) is 0 Å². The maximum Gasteiger partial charge on any atom is 0.311 e. The molecule has 0 bridgehead atoms. The fourth-order valence-corrected chi connectivity index (χ4v) is 2.59. The smallest absolute Gasteiger partial charge is 0.311 e. The topological polar surface area (TPSA) is 57.6 Å². The first kappa shape index (κ1) is 14.8. The number of piperidine rings is 1. The van der Waals surface area contributed by atoms with Crippen molar-refractivity contribution < 1.29 is 19.1 Å². The van der Waals surface area contributed by atoms with Crippen LogP contribution in [-0.4, -0.2) is 35.0 Å². The molecule has 0 radical (unpaired) electrons. The minimum atomic E-state index is -0.983. The van der Waals surface area contributed by atoms with E-state index in [0.717, 1.165) is 6.07 Å². The second-order valence-corrected chi connectivity index (χ2v) is 5.76. The van der Waals surface area contributed by atoms with Crippen LogP contribution in [0.3, 0.4) is 0 Å². The highest BCUT2D eigenvalue weighted by atomic mass is 35.5. The normalized spacial score (nSPS) is 22.6. The first-order valence-corrected chi connectivity index (χ1v) is 6.69. The van der Waals surface area contributed by atoms with Crippen molar-refractivity contribution in [1.29, 1.82) is 0 Å². The van der Waals surface area contributed by atoms with E-state index in [2.05, 4.69) is 0 Å². The van der Waals surface area contributed by atoms with Gasteiger partial charge in [0.05, 0.1) is 11.0 Å². The van der Waals surface area contributed by atoms with Crippen LogP contribution in [0.1, 0.15) is 30.1 Å². The van der Waals surface area contributed by atoms with E-state index >= 15 is 0 Å². The van der Waals surface area contributed by atoms with Crippen molar-refractivity contribution in [3.63, 3.8) is 0 Å². The molecule has 20 heavy (non-hydrogen) atoms. The van der Waals surface area contributed by atoms with E-state index < -0.39 is 23.1 Å². The molecule has 1 unspecified atom stereocenters. The standard InChI is InChI=1S/C14H15ClFNO3/c1-14(13(19)20)5-2-6-17(8-14)12(18)10-7-9(15)3-4-11(10)16/h3-4,7H,2,5-6,8H2,1H3,(H,19,20). The first-order chi connectivity index (χ1) is 9.33. The summed E-state index contributed by atoms with van der Waals surface area (Å²) < 4.78 is 13.7. The van der Waals surface area contributed by atoms with Gasteiger partial charge in [-0.25, -0.2) is 4.39 Å². The van der Waals surface area contributed by atoms with Gasteiger partial charge in [0.25, 0.3) is 5.91 Å². The number of hydrogen-bond donors (Lipinski definition) is 1. The summed E-state index contributed by atoms with van der Waals surface area (Å²) in [5, 5.41) is 9.50. The van der Waals surface area contributed by atoms with Crippen LogP contribution in [0.2, 0.25) is 5.02 Å². The van der Waals surface area contributed by atoms with Crippen LogP contribution in [0.4, 0.5) is 4.39 Å². The van der Waals surface area contributed by atoms with Crippen molar-refractivity contribution in [1.82, 2.24) is 4.90 Å². The summed E-state index contributed by atoms with van der Waals surface area (Å²) in [4.78, 5) is 25.0. The van der Waals surface area contributed by atoms with Gasteiger partial charge in [-0.15, -0.1) is 0 Å². The SMILES string of the molecule is CC1(C(=O)O)CCCN(C(=O)c2cc(Cl)ccc2F)C1. The molecule has 1 aromatic carbocycles. The molecule has 0 spiro atoms. The quantitative estimate of drug-likeness (QED) is 0.913. The molecule has 1 amide bonds. The van der Waals surface area contributed by atoms with Gasteiger partial charge in [-0.1, -0.05) is 11.6 Å². The molecule has 1 aliphatic rings. The number of halogens is 2. The summed E-state index contributed by atoms with van der Waals surface area (Å²) in [5.74, 6) is -2.11. The Bertz CT molecular complexity index is 563. The van der Waals surface area contributed by atoms with Crippen molar-refractivity contribution in [2.24, 2.45) is 5.41 Å². The molecular formula is C14H15ClFNO3. The maximum absolute atomic E-state index is 13.7. The van der Waals surface area contributed by atoms with E-state index in [1.807, 2.05) is 0 Å². The Kier molecular flexibility index (Phi) is 3.99. The molecule has 1 aromatic rings. The van der Waals surface area contributed by atoms with E-state index in [9.17, 15) is 19.1 Å². The molecule has 4 nitrogen and oxygen atoms in total. The third kappa shape index (κ3) is 2.77. The number of carbonyl (C=O) groups is 2. The molecule has 0 aliphatic carbocycles. The van der Waals surface area contributed by atoms with Gasteiger partial charge in [0.15, 0.2) is 0 Å². The molecule has 1 fully saturated rings. The lowest BCUT2D eigenvalue weighted by Gasteiger charge is -2.37. The predicted octanol–water partition coefficient (Wildman–Crippen LogP) is 2.81. The molecule has 1 heterocycles. The Morgan fingerprint density at radius 1 is 1.45 bits per heavy atom. The van der Waals surface area contributed by atoms with Gasteiger partial charge in [-0.05, 0) is 38.0 Å². The highest BCUT2D eigenvalue weighted by Gasteiger charge is 2.39. The summed E-state index contributed by atoms with van der Waals surface area (Å²) in [6.45, 7) is 2.10. The highest BCUT2D eigenvalue weighted by molar-refractivity contribution is 6.31. The summed E-state index contributed by atoms with van der Waals surface area (Å²) in [7, 11) is 0. The van der Waals surface area contributed by atoms with Crippen LogP contribution in [0.25, 0.3) is 0 Å². The van der Waals surface area contributed by atoms with Gasteiger partial charge in [0.2, 0.25) is 0 Å². The van der Waals surface area contributed by atoms with Gasteiger partial charge >= 0.3 is 5.97 Å². The number of amides is 1. The fourth-order valence-electron chi connectivity index (χ4n) is 2.42. The first-order valence-electron chi connectivity index (χ1n) is 6.31. The summed E-state index contributed by atoms with van der Waals surface area (Å²) in [6, 6.07) is 3.77. The number of hydrogen-bond acceptors (Lipinski definition) is 2. The van der Waals surface area contributed by atoms with E-state index in [1.54, 1.807) is 6.92 Å². The summed E-state index contributed by atoms with van der Waals surface area (Å²) >= 11 is 5.77. The molecular weight excluding hydrogens is 285 g/mol. The number of carbonyl (C=O) groups excluding carboxylic acids is 1. The Morgan fingerprint density at radius 2 is 2.15 bits per heavy atom. The third-order valence-electron chi connectivity index (χ3n) is 3.66. The number of likely N-dealkylation sites (tertiary alicyclic amines) is 1. The van der Waals surface area contributed by atoms with Gasteiger partial charge in [0, 0.05) is 18.1 Å². The number of benzene rings is 1. The summed E-state index contributed by atoms with van der Waals surface area (Å²) in [6.07, 6.45) is 1.08. The Hall–Kier alpha value is -1.62. The van der Waals surface area contributed by atoms with Crippen LogP contribution in [0.5, 0.6) is 0 Å². The number of carboxylic acid groups (broad SMARTS) is 1. The third-order valence-corrected chi connectivity index (χ3v) is 3.89. The zero-order valence-electron chi connectivity index (χ0n) is 11.0. The largest absolute Gasteiger partial charge is 0.481 e. The Labute approximate surface area is 121 Å². The lowest BCUT2D eigenvalue weighted by Crippen LogP contribution is -2.48. The highest BCUT2D eigenvalue weighted by Crippen LogP contribution is 2.31. The van der Waals surface area contributed by atoms with Crippen molar-refractivity contribution in [2.45, 2.75) is 19.8 Å². The molecule has 1 aliphatic heterocycles. The number of carboxylic acids is 1. The van der Waals surface area contributed by atoms with E-state index in [-0.39, 0.29) is 17.1 Å². The molecule has 1 atom stereocenters. The average Bonchev–Trinajstić information content (AvgIpc) is 2.40. The van der Waals surface area contributed by atoms with Gasteiger partial charge < -0.3 is 10.0 Å². The zero-order valence-corrected chi connectivity index (χ0v) is 11.8. The molecule has 1 saturated heterocycles. The van der Waals surface area contributed by atoms with Crippen LogP contribution < -0.4 is 0 Å². The van der Waals surface area contributed by atoms with E-state index in [0.29, 0.717) is 19.4 Å². The summed E-state index contributed by atoms with van der Waals surface area (Å²) in [5.41, 5.74) is -1.10. The second-order valence-electron chi connectivity index (χ2n) is 5.32. The lowest BCUT2D eigenvalue weighted by molar-refractivity contribution is -0.150. The van der Waals surface area contributed by atoms with Crippen molar-refractivity contribution in [3.8, 4) is 0 Å². The van der Waals surface area contributed by atoms with Crippen LogP contribution in [0.15, 0.2) is 18.2 Å². The molecule has 0 aromatic heterocycles. The van der Waals surface area contributed by atoms with E-state index in [1.165, 1.54) is 17.0 Å². The minimum absolute atomic E-state index is 0.0765. The van der Waals surface area contributed by atoms with Crippen molar-refractivity contribution >= 4 is 23.5 Å². The monoisotopic (exact) mass is 299 g/mol. The minimum Gasteiger partial charge on any atom is -0.481 e. The Balaban J connectivity index is 2.25. The van der Waals surface area contributed by atoms with Gasteiger partial charge in [0.1, 0.15) is 5.82 Å². The molecule has 108 valence electrons. The van der Waals surface area contributed by atoms with Gasteiger partial charge in [-0.3, -0.25) is 9.59 Å². The molecule has 0 saturated carbocycles. The number of aliphatic carboxylic acids is 1. The Morgan fingerprint density at radius 3 is 2.80 bits per heavy atom. The van der Waals surface area contributed by atoms with Crippen LogP contribution >= 0.6 is 11.6 Å². The molecule has 2 rings (SSSR count). The number of nitrogens with zero attached hydrogens (tertiary/aromatic N) is 1. The van der Waals surface area contributed by atoms with Crippen molar-refractivity contribution in [3.05, 3.63) is 34.6 Å². The molecule has 1 N–H and O–H groups in total. The maximum atomic E-state index is 13.7.